The van der Waals surface area contributed by atoms with Crippen LogP contribution in [0, 0.1) is 11.6 Å². The number of halogens is 5. The van der Waals surface area contributed by atoms with E-state index in [0.717, 1.165) is 22.8 Å². The number of carbonyl (C=O) groups excluding carboxylic acids is 1. The van der Waals surface area contributed by atoms with E-state index in [-0.39, 0.29) is 29.2 Å². The summed E-state index contributed by atoms with van der Waals surface area (Å²) in [5.41, 5.74) is -3.42. The highest BCUT2D eigenvalue weighted by Crippen LogP contribution is 2.31. The number of imidazole rings is 1. The Morgan fingerprint density at radius 1 is 1.14 bits per heavy atom. The van der Waals surface area contributed by atoms with Gasteiger partial charge in [-0.2, -0.15) is 13.2 Å². The van der Waals surface area contributed by atoms with Crippen LogP contribution in [0.15, 0.2) is 30.3 Å². The normalized spacial score (nSPS) is 12.4. The molecule has 154 valence electrons. The number of fused-ring (bicyclic) bond motifs is 1. The van der Waals surface area contributed by atoms with Crippen LogP contribution in [0.4, 0.5) is 27.9 Å². The van der Waals surface area contributed by atoms with Crippen LogP contribution in [0.25, 0.3) is 16.9 Å². The van der Waals surface area contributed by atoms with Crippen molar-refractivity contribution in [1.29, 1.82) is 0 Å². The van der Waals surface area contributed by atoms with Gasteiger partial charge in [0, 0.05) is 6.07 Å². The molecule has 11 heteroatoms. The zero-order chi connectivity index (χ0) is 21.6. The van der Waals surface area contributed by atoms with Crippen molar-refractivity contribution >= 4 is 23.0 Å². The Balaban J connectivity index is 2.20. The number of carbonyl (C=O) groups is 1. The maximum atomic E-state index is 14.4. The summed E-state index contributed by atoms with van der Waals surface area (Å²) in [6.45, 7) is 2.76. The second-order valence-corrected chi connectivity index (χ2v) is 6.94. The van der Waals surface area contributed by atoms with Gasteiger partial charge in [-0.25, -0.2) is 18.7 Å². The molecule has 0 spiro atoms. The standard InChI is InChI=1S/C18H15F5N4O2/c1-17(2,29)8-14(28)26-16-24-11-4-6-13(18(21,22)23)25-15(11)27(16)12-5-3-9(19)7-10(12)20/h3-7,29H,8H2,1-2H3,(H,24,26,28). The van der Waals surface area contributed by atoms with E-state index >= 15 is 0 Å². The third kappa shape index (κ3) is 4.50. The molecule has 6 nitrogen and oxygen atoms in total. The van der Waals surface area contributed by atoms with Crippen LogP contribution in [0.1, 0.15) is 26.0 Å². The van der Waals surface area contributed by atoms with Crippen molar-refractivity contribution in [3.63, 3.8) is 0 Å². The van der Waals surface area contributed by atoms with Crippen molar-refractivity contribution in [2.75, 3.05) is 5.32 Å². The molecule has 3 aromatic rings. The lowest BCUT2D eigenvalue weighted by atomic mass is 10.1. The monoisotopic (exact) mass is 414 g/mol. The molecule has 0 bridgehead atoms. The van der Waals surface area contributed by atoms with Crippen LogP contribution in [0.3, 0.4) is 0 Å². The molecule has 1 amide bonds. The Morgan fingerprint density at radius 2 is 1.83 bits per heavy atom. The summed E-state index contributed by atoms with van der Waals surface area (Å²) < 4.78 is 67.7. The number of amides is 1. The number of hydrogen-bond acceptors (Lipinski definition) is 4. The fraction of sp³-hybridized carbons (Fsp3) is 0.278. The maximum absolute atomic E-state index is 14.4. The number of aromatic nitrogens is 3. The summed E-state index contributed by atoms with van der Waals surface area (Å²) in [5, 5.41) is 12.1. The third-order valence-corrected chi connectivity index (χ3v) is 3.79. The highest BCUT2D eigenvalue weighted by Gasteiger charge is 2.33. The summed E-state index contributed by atoms with van der Waals surface area (Å²) in [4.78, 5) is 19.7. The number of nitrogens with one attached hydrogen (secondary N) is 1. The molecule has 0 radical (unpaired) electrons. The molecule has 0 aliphatic carbocycles. The van der Waals surface area contributed by atoms with Crippen LogP contribution in [0.5, 0.6) is 0 Å². The van der Waals surface area contributed by atoms with Gasteiger partial charge in [-0.3, -0.25) is 14.7 Å². The first-order chi connectivity index (χ1) is 13.3. The number of aliphatic hydroxyl groups is 1. The summed E-state index contributed by atoms with van der Waals surface area (Å²) >= 11 is 0. The molecular weight excluding hydrogens is 399 g/mol. The summed E-state index contributed by atoms with van der Waals surface area (Å²) in [7, 11) is 0. The van der Waals surface area contributed by atoms with E-state index in [0.29, 0.717) is 12.1 Å². The molecule has 0 unspecified atom stereocenters. The molecule has 0 aliphatic rings. The van der Waals surface area contributed by atoms with Gasteiger partial charge in [-0.05, 0) is 38.1 Å². The van der Waals surface area contributed by atoms with Crippen LogP contribution in [0.2, 0.25) is 0 Å². The minimum Gasteiger partial charge on any atom is -0.390 e. The van der Waals surface area contributed by atoms with Crippen molar-refractivity contribution in [2.24, 2.45) is 0 Å². The average molecular weight is 414 g/mol. The first kappa shape index (κ1) is 20.6. The van der Waals surface area contributed by atoms with Gasteiger partial charge in [0.2, 0.25) is 11.9 Å². The topological polar surface area (TPSA) is 80.0 Å². The molecule has 29 heavy (non-hydrogen) atoms. The number of alkyl halides is 3. The zero-order valence-corrected chi connectivity index (χ0v) is 15.2. The fourth-order valence-electron chi connectivity index (χ4n) is 2.65. The van der Waals surface area contributed by atoms with Crippen molar-refractivity contribution < 1.29 is 31.9 Å². The van der Waals surface area contributed by atoms with Gasteiger partial charge in [0.05, 0.1) is 17.7 Å². The second-order valence-electron chi connectivity index (χ2n) is 6.94. The lowest BCUT2D eigenvalue weighted by Crippen LogP contribution is -2.28. The first-order valence-corrected chi connectivity index (χ1v) is 8.29. The van der Waals surface area contributed by atoms with Gasteiger partial charge in [-0.1, -0.05) is 0 Å². The van der Waals surface area contributed by atoms with Crippen molar-refractivity contribution in [2.45, 2.75) is 32.0 Å². The Morgan fingerprint density at radius 3 is 2.41 bits per heavy atom. The van der Waals surface area contributed by atoms with E-state index in [1.165, 1.54) is 13.8 Å². The average Bonchev–Trinajstić information content (AvgIpc) is 2.89. The molecule has 0 fully saturated rings. The second kappa shape index (κ2) is 7.07. The summed E-state index contributed by atoms with van der Waals surface area (Å²) in [6.07, 6.45) is -5.13. The molecule has 3 rings (SSSR count). The number of rotatable bonds is 4. The van der Waals surface area contributed by atoms with E-state index in [1.807, 2.05) is 0 Å². The Hall–Kier alpha value is -3.08. The molecule has 0 aliphatic heterocycles. The zero-order valence-electron chi connectivity index (χ0n) is 15.2. The summed E-state index contributed by atoms with van der Waals surface area (Å²) in [5.74, 6) is -3.03. The lowest BCUT2D eigenvalue weighted by molar-refractivity contribution is -0.141. The third-order valence-electron chi connectivity index (χ3n) is 3.79. The number of pyridine rings is 1. The van der Waals surface area contributed by atoms with E-state index in [9.17, 15) is 31.9 Å². The maximum Gasteiger partial charge on any atom is 0.433 e. The van der Waals surface area contributed by atoms with Gasteiger partial charge in [0.25, 0.3) is 0 Å². The van der Waals surface area contributed by atoms with Gasteiger partial charge in [0.15, 0.2) is 5.65 Å². The minimum absolute atomic E-state index is 0.0553. The van der Waals surface area contributed by atoms with Crippen molar-refractivity contribution in [1.82, 2.24) is 14.5 Å². The predicted octanol–water partition coefficient (Wildman–Crippen LogP) is 3.82. The largest absolute Gasteiger partial charge is 0.433 e. The van der Waals surface area contributed by atoms with E-state index in [4.69, 9.17) is 0 Å². The molecule has 0 saturated heterocycles. The predicted molar refractivity (Wildman–Crippen MR) is 93.3 cm³/mol. The van der Waals surface area contributed by atoms with Crippen LogP contribution >= 0.6 is 0 Å². The lowest BCUT2D eigenvalue weighted by Gasteiger charge is -2.16. The van der Waals surface area contributed by atoms with E-state index < -0.39 is 35.0 Å². The van der Waals surface area contributed by atoms with Gasteiger partial charge >= 0.3 is 6.18 Å². The quantitative estimate of drug-likeness (QED) is 0.637. The molecule has 2 N–H and O–H groups in total. The number of anilines is 1. The van der Waals surface area contributed by atoms with Crippen LogP contribution in [-0.4, -0.2) is 31.1 Å². The van der Waals surface area contributed by atoms with Crippen molar-refractivity contribution in [3.8, 4) is 5.69 Å². The molecule has 2 aromatic heterocycles. The Bertz CT molecular complexity index is 1090. The number of hydrogen-bond donors (Lipinski definition) is 2. The fourth-order valence-corrected chi connectivity index (χ4v) is 2.65. The molecule has 2 heterocycles. The van der Waals surface area contributed by atoms with Crippen LogP contribution in [-0.2, 0) is 11.0 Å². The number of benzene rings is 1. The van der Waals surface area contributed by atoms with Gasteiger partial charge in [-0.15, -0.1) is 0 Å². The van der Waals surface area contributed by atoms with Crippen LogP contribution < -0.4 is 5.32 Å². The minimum atomic E-state index is -4.77. The summed E-state index contributed by atoms with van der Waals surface area (Å²) in [6, 6.07) is 4.15. The van der Waals surface area contributed by atoms with E-state index in [2.05, 4.69) is 15.3 Å². The molecule has 0 atom stereocenters. The van der Waals surface area contributed by atoms with Gasteiger partial charge < -0.3 is 5.11 Å². The molecule has 0 saturated carbocycles. The van der Waals surface area contributed by atoms with Crippen molar-refractivity contribution in [3.05, 3.63) is 47.7 Å². The Kier molecular flexibility index (Phi) is 5.03. The van der Waals surface area contributed by atoms with E-state index in [1.54, 1.807) is 0 Å². The highest BCUT2D eigenvalue weighted by molar-refractivity contribution is 5.92. The first-order valence-electron chi connectivity index (χ1n) is 8.29. The highest BCUT2D eigenvalue weighted by atomic mass is 19.4. The molecular formula is C18H15F5N4O2. The smallest absolute Gasteiger partial charge is 0.390 e. The number of nitrogens with zero attached hydrogens (tertiary/aromatic N) is 3. The van der Waals surface area contributed by atoms with Gasteiger partial charge in [0.1, 0.15) is 22.8 Å². The Labute approximate surface area is 161 Å². The SMILES string of the molecule is CC(C)(O)CC(=O)Nc1nc2ccc(C(F)(F)F)nc2n1-c1ccc(F)cc1F. The molecule has 1 aromatic carbocycles.